The van der Waals surface area contributed by atoms with Crippen molar-refractivity contribution in [1.82, 2.24) is 10.2 Å². The van der Waals surface area contributed by atoms with Gasteiger partial charge in [-0.05, 0) is 24.1 Å². The Labute approximate surface area is 141 Å². The molecule has 1 aromatic rings. The molecule has 2 amide bonds. The third-order valence-corrected chi connectivity index (χ3v) is 4.82. The summed E-state index contributed by atoms with van der Waals surface area (Å²) < 4.78 is 11.4. The van der Waals surface area contributed by atoms with E-state index in [1.807, 2.05) is 29.2 Å². The van der Waals surface area contributed by atoms with Gasteiger partial charge in [-0.25, -0.2) is 4.79 Å². The van der Waals surface area contributed by atoms with Crippen molar-refractivity contribution in [3.05, 3.63) is 34.9 Å². The molecule has 1 atom stereocenters. The Balaban J connectivity index is 1.58. The number of nitrogens with zero attached hydrogens (tertiary/aromatic N) is 1. The van der Waals surface area contributed by atoms with E-state index in [0.29, 0.717) is 31.3 Å². The Kier molecular flexibility index (Phi) is 5.09. The molecule has 0 aliphatic carbocycles. The first-order valence-electron chi connectivity index (χ1n) is 8.21. The SMILES string of the molecule is CCC(NC(=O)N1CCC2(CC1)OCCO2)c1cccc(Cl)c1. The highest BCUT2D eigenvalue weighted by molar-refractivity contribution is 6.30. The zero-order valence-electron chi connectivity index (χ0n) is 13.4. The Hall–Kier alpha value is -1.30. The van der Waals surface area contributed by atoms with E-state index in [2.05, 4.69) is 12.2 Å². The lowest BCUT2D eigenvalue weighted by Gasteiger charge is -2.38. The average Bonchev–Trinajstić information content (AvgIpc) is 3.01. The molecule has 3 rings (SSSR count). The molecule has 2 saturated heterocycles. The van der Waals surface area contributed by atoms with E-state index in [9.17, 15) is 4.79 Å². The first-order chi connectivity index (χ1) is 11.1. The van der Waals surface area contributed by atoms with Gasteiger partial charge in [-0.2, -0.15) is 0 Å². The van der Waals surface area contributed by atoms with Crippen molar-refractivity contribution in [3.8, 4) is 0 Å². The molecule has 1 N–H and O–H groups in total. The number of halogens is 1. The molecule has 6 heteroatoms. The highest BCUT2D eigenvalue weighted by atomic mass is 35.5. The van der Waals surface area contributed by atoms with Crippen LogP contribution in [0.1, 0.15) is 37.8 Å². The topological polar surface area (TPSA) is 50.8 Å². The molecule has 2 aliphatic rings. The van der Waals surface area contributed by atoms with E-state index in [1.54, 1.807) is 0 Å². The molecular formula is C17H23ClN2O3. The van der Waals surface area contributed by atoms with Gasteiger partial charge in [0.1, 0.15) is 0 Å². The Morgan fingerprint density at radius 2 is 2.04 bits per heavy atom. The van der Waals surface area contributed by atoms with Crippen molar-refractivity contribution in [2.24, 2.45) is 0 Å². The molecule has 5 nitrogen and oxygen atoms in total. The molecule has 126 valence electrons. The van der Waals surface area contributed by atoms with E-state index in [1.165, 1.54) is 0 Å². The lowest BCUT2D eigenvalue weighted by molar-refractivity contribution is -0.181. The molecule has 2 fully saturated rings. The van der Waals surface area contributed by atoms with E-state index in [4.69, 9.17) is 21.1 Å². The molecule has 1 spiro atoms. The van der Waals surface area contributed by atoms with Crippen LogP contribution < -0.4 is 5.32 Å². The standard InChI is InChI=1S/C17H23ClN2O3/c1-2-15(13-4-3-5-14(18)12-13)19-16(21)20-8-6-17(7-9-20)22-10-11-23-17/h3-5,12,15H,2,6-11H2,1H3,(H,19,21). The van der Waals surface area contributed by atoms with Crippen LogP contribution >= 0.6 is 11.6 Å². The summed E-state index contributed by atoms with van der Waals surface area (Å²) in [5.74, 6) is -0.451. The maximum atomic E-state index is 12.5. The zero-order chi connectivity index (χ0) is 16.3. The summed E-state index contributed by atoms with van der Waals surface area (Å²) >= 11 is 6.05. The largest absolute Gasteiger partial charge is 0.347 e. The number of piperidine rings is 1. The van der Waals surface area contributed by atoms with Gasteiger partial charge in [0.25, 0.3) is 0 Å². The fourth-order valence-electron chi connectivity index (χ4n) is 3.22. The predicted molar refractivity (Wildman–Crippen MR) is 88.5 cm³/mol. The first kappa shape index (κ1) is 16.6. The van der Waals surface area contributed by atoms with Gasteiger partial charge in [0, 0.05) is 31.0 Å². The minimum absolute atomic E-state index is 0.0314. The minimum Gasteiger partial charge on any atom is -0.347 e. The third-order valence-electron chi connectivity index (χ3n) is 4.58. The predicted octanol–water partition coefficient (Wildman–Crippen LogP) is 3.34. The normalized spacial score (nSPS) is 21.4. The number of rotatable bonds is 3. The van der Waals surface area contributed by atoms with E-state index >= 15 is 0 Å². The fourth-order valence-corrected chi connectivity index (χ4v) is 3.42. The van der Waals surface area contributed by atoms with Gasteiger partial charge in [-0.15, -0.1) is 0 Å². The molecule has 0 radical (unpaired) electrons. The molecule has 2 heterocycles. The van der Waals surface area contributed by atoms with Gasteiger partial charge in [-0.1, -0.05) is 30.7 Å². The quantitative estimate of drug-likeness (QED) is 0.919. The van der Waals surface area contributed by atoms with Crippen molar-refractivity contribution in [1.29, 1.82) is 0 Å². The molecule has 23 heavy (non-hydrogen) atoms. The second-order valence-corrected chi connectivity index (χ2v) is 6.50. The van der Waals surface area contributed by atoms with Crippen molar-refractivity contribution in [3.63, 3.8) is 0 Å². The van der Waals surface area contributed by atoms with Crippen molar-refractivity contribution >= 4 is 17.6 Å². The lowest BCUT2D eigenvalue weighted by atomic mass is 10.0. The number of likely N-dealkylation sites (tertiary alicyclic amines) is 1. The average molecular weight is 339 g/mol. The Bertz CT molecular complexity index is 551. The van der Waals surface area contributed by atoms with Gasteiger partial charge in [-0.3, -0.25) is 0 Å². The summed E-state index contributed by atoms with van der Waals surface area (Å²) in [6, 6.07) is 7.57. The number of urea groups is 1. The molecule has 0 bridgehead atoms. The van der Waals surface area contributed by atoms with Gasteiger partial charge in [0.15, 0.2) is 5.79 Å². The molecule has 1 aromatic carbocycles. The van der Waals surface area contributed by atoms with Gasteiger partial charge >= 0.3 is 6.03 Å². The number of ether oxygens (including phenoxy) is 2. The maximum absolute atomic E-state index is 12.5. The number of benzene rings is 1. The highest BCUT2D eigenvalue weighted by Crippen LogP contribution is 2.31. The van der Waals surface area contributed by atoms with Crippen molar-refractivity contribution in [2.75, 3.05) is 26.3 Å². The second-order valence-electron chi connectivity index (χ2n) is 6.06. The van der Waals surface area contributed by atoms with E-state index in [0.717, 1.165) is 24.8 Å². The van der Waals surface area contributed by atoms with Crippen LogP contribution in [0.25, 0.3) is 0 Å². The van der Waals surface area contributed by atoms with Gasteiger partial charge in [0.05, 0.1) is 19.3 Å². The lowest BCUT2D eigenvalue weighted by Crippen LogP contribution is -2.50. The molecule has 1 unspecified atom stereocenters. The Morgan fingerprint density at radius 1 is 1.35 bits per heavy atom. The van der Waals surface area contributed by atoms with Crippen LogP contribution in [0.4, 0.5) is 4.79 Å². The summed E-state index contributed by atoms with van der Waals surface area (Å²) in [5.41, 5.74) is 1.03. The van der Waals surface area contributed by atoms with Crippen molar-refractivity contribution < 1.29 is 14.3 Å². The highest BCUT2D eigenvalue weighted by Gasteiger charge is 2.40. The van der Waals surface area contributed by atoms with Crippen LogP contribution in [0, 0.1) is 0 Å². The van der Waals surface area contributed by atoms with Crippen LogP contribution in [0.3, 0.4) is 0 Å². The van der Waals surface area contributed by atoms with Crippen LogP contribution in [0.5, 0.6) is 0 Å². The number of hydrogen-bond donors (Lipinski definition) is 1. The number of nitrogens with one attached hydrogen (secondary N) is 1. The second kappa shape index (κ2) is 7.07. The molecule has 0 aromatic heterocycles. The summed E-state index contributed by atoms with van der Waals surface area (Å²) in [4.78, 5) is 14.4. The Morgan fingerprint density at radius 3 is 2.65 bits per heavy atom. The first-order valence-corrected chi connectivity index (χ1v) is 8.58. The van der Waals surface area contributed by atoms with E-state index in [-0.39, 0.29) is 12.1 Å². The minimum atomic E-state index is -0.451. The monoisotopic (exact) mass is 338 g/mol. The van der Waals surface area contributed by atoms with Crippen LogP contribution in [0.15, 0.2) is 24.3 Å². The van der Waals surface area contributed by atoms with Crippen molar-refractivity contribution in [2.45, 2.75) is 38.0 Å². The summed E-state index contributed by atoms with van der Waals surface area (Å²) in [6.45, 7) is 4.66. The number of hydrogen-bond acceptors (Lipinski definition) is 3. The van der Waals surface area contributed by atoms with Crippen LogP contribution in [-0.4, -0.2) is 43.0 Å². The maximum Gasteiger partial charge on any atom is 0.317 e. The molecule has 0 saturated carbocycles. The fraction of sp³-hybridized carbons (Fsp3) is 0.588. The zero-order valence-corrected chi connectivity index (χ0v) is 14.1. The summed E-state index contributed by atoms with van der Waals surface area (Å²) in [5, 5.41) is 3.79. The number of carbonyl (C=O) groups is 1. The molecular weight excluding hydrogens is 316 g/mol. The van der Waals surface area contributed by atoms with E-state index < -0.39 is 5.79 Å². The number of amides is 2. The summed E-state index contributed by atoms with van der Waals surface area (Å²) in [7, 11) is 0. The van der Waals surface area contributed by atoms with Crippen LogP contribution in [0.2, 0.25) is 5.02 Å². The number of carbonyl (C=O) groups excluding carboxylic acids is 1. The van der Waals surface area contributed by atoms with Crippen LogP contribution in [-0.2, 0) is 9.47 Å². The van der Waals surface area contributed by atoms with Gasteiger partial charge in [0.2, 0.25) is 0 Å². The van der Waals surface area contributed by atoms with Gasteiger partial charge < -0.3 is 19.7 Å². The summed E-state index contributed by atoms with van der Waals surface area (Å²) in [6.07, 6.45) is 2.28. The third kappa shape index (κ3) is 3.79. The smallest absolute Gasteiger partial charge is 0.317 e. The molecule has 2 aliphatic heterocycles.